The van der Waals surface area contributed by atoms with Gasteiger partial charge < -0.3 is 0 Å². The smallest absolute Gasteiger partial charge is 0.265 e. The van der Waals surface area contributed by atoms with E-state index in [2.05, 4.69) is 6.04 Å². The van der Waals surface area contributed by atoms with Crippen molar-refractivity contribution < 1.29 is 4.79 Å². The Bertz CT molecular complexity index is 324. The summed E-state index contributed by atoms with van der Waals surface area (Å²) in [5.74, 6) is -0.120. The fourth-order valence-corrected chi connectivity index (χ4v) is 1.03. The molecule has 0 aromatic heterocycles. The van der Waals surface area contributed by atoms with Gasteiger partial charge in [0, 0.05) is 18.2 Å². The van der Waals surface area contributed by atoms with Crippen LogP contribution in [0.15, 0.2) is 30.3 Å². The van der Waals surface area contributed by atoms with Crippen molar-refractivity contribution in [2.75, 3.05) is 6.54 Å². The fourth-order valence-electron chi connectivity index (χ4n) is 1.03. The molecule has 2 heteroatoms. The topological polar surface area (TPSA) is 20.3 Å². The first-order chi connectivity index (χ1) is 6.29. The normalized spacial score (nSPS) is 8.92. The highest BCUT2D eigenvalue weighted by atomic mass is 16.2. The molecule has 0 bridgehead atoms. The minimum absolute atomic E-state index is 0.120. The molecular weight excluding hydrogens is 162 g/mol. The van der Waals surface area contributed by atoms with Crippen molar-refractivity contribution in [3.8, 4) is 12.5 Å². The van der Waals surface area contributed by atoms with Crippen molar-refractivity contribution in [2.45, 2.75) is 6.92 Å². The summed E-state index contributed by atoms with van der Waals surface area (Å²) in [6.45, 7) is 2.38. The van der Waals surface area contributed by atoms with E-state index in [9.17, 15) is 4.79 Å². The number of benzene rings is 1. The van der Waals surface area contributed by atoms with Crippen molar-refractivity contribution >= 4 is 5.91 Å². The van der Waals surface area contributed by atoms with Crippen molar-refractivity contribution in [2.24, 2.45) is 0 Å². The lowest BCUT2D eigenvalue weighted by Gasteiger charge is -2.12. The van der Waals surface area contributed by atoms with E-state index in [1.54, 1.807) is 12.1 Å². The maximum atomic E-state index is 11.6. The van der Waals surface area contributed by atoms with Gasteiger partial charge in [-0.25, -0.2) is 0 Å². The summed E-state index contributed by atoms with van der Waals surface area (Å²) in [5.41, 5.74) is 0.627. The molecule has 0 N–H and O–H groups in total. The van der Waals surface area contributed by atoms with Gasteiger partial charge >= 0.3 is 0 Å². The molecule has 0 heterocycles. The highest BCUT2D eigenvalue weighted by Gasteiger charge is 2.10. The molecule has 13 heavy (non-hydrogen) atoms. The maximum absolute atomic E-state index is 11.6. The van der Waals surface area contributed by atoms with Gasteiger partial charge in [-0.2, -0.15) is 0 Å². The summed E-state index contributed by atoms with van der Waals surface area (Å²) in [7, 11) is 0. The second-order valence-electron chi connectivity index (χ2n) is 2.54. The minimum atomic E-state index is -0.120. The van der Waals surface area contributed by atoms with Crippen molar-refractivity contribution in [1.82, 2.24) is 4.90 Å². The Morgan fingerprint density at radius 2 is 2.08 bits per heavy atom. The van der Waals surface area contributed by atoms with E-state index in [4.69, 9.17) is 6.42 Å². The average molecular weight is 173 g/mol. The SMILES string of the molecule is C#CN(CC)C(=O)c1ccccc1. The zero-order chi connectivity index (χ0) is 9.68. The molecule has 66 valence electrons. The third-order valence-electron chi connectivity index (χ3n) is 1.74. The first-order valence-corrected chi connectivity index (χ1v) is 4.12. The van der Waals surface area contributed by atoms with Gasteiger partial charge in [-0.15, -0.1) is 0 Å². The lowest BCUT2D eigenvalue weighted by molar-refractivity contribution is 0.0841. The van der Waals surface area contributed by atoms with Crippen molar-refractivity contribution in [3.05, 3.63) is 35.9 Å². The molecule has 0 aliphatic carbocycles. The Hall–Kier alpha value is -1.75. The highest BCUT2D eigenvalue weighted by molar-refractivity contribution is 5.95. The summed E-state index contributed by atoms with van der Waals surface area (Å²) < 4.78 is 0. The Labute approximate surface area is 78.2 Å². The predicted octanol–water partition coefficient (Wildman–Crippen LogP) is 1.74. The fraction of sp³-hybridized carbons (Fsp3) is 0.182. The molecule has 0 aliphatic rings. The van der Waals surface area contributed by atoms with Gasteiger partial charge in [-0.05, 0) is 19.1 Å². The summed E-state index contributed by atoms with van der Waals surface area (Å²) in [6, 6.07) is 11.3. The molecule has 1 rings (SSSR count). The molecule has 1 aromatic carbocycles. The molecule has 2 nitrogen and oxygen atoms in total. The average Bonchev–Trinajstić information content (AvgIpc) is 2.21. The van der Waals surface area contributed by atoms with E-state index in [0.29, 0.717) is 12.1 Å². The van der Waals surface area contributed by atoms with E-state index in [1.165, 1.54) is 4.90 Å². The number of carbonyl (C=O) groups is 1. The zero-order valence-electron chi connectivity index (χ0n) is 7.53. The van der Waals surface area contributed by atoms with E-state index >= 15 is 0 Å². The van der Waals surface area contributed by atoms with Crippen LogP contribution in [0, 0.1) is 12.5 Å². The monoisotopic (exact) mass is 173 g/mol. The van der Waals surface area contributed by atoms with Gasteiger partial charge in [-0.3, -0.25) is 9.69 Å². The summed E-state index contributed by atoms with van der Waals surface area (Å²) >= 11 is 0. The quantitative estimate of drug-likeness (QED) is 0.492. The first-order valence-electron chi connectivity index (χ1n) is 4.12. The minimum Gasteiger partial charge on any atom is -0.268 e. The van der Waals surface area contributed by atoms with Crippen LogP contribution < -0.4 is 0 Å². The zero-order valence-corrected chi connectivity index (χ0v) is 7.53. The largest absolute Gasteiger partial charge is 0.268 e. The molecule has 0 saturated heterocycles. The van der Waals surface area contributed by atoms with Crippen LogP contribution in [-0.4, -0.2) is 17.4 Å². The lowest BCUT2D eigenvalue weighted by Crippen LogP contribution is -2.25. The van der Waals surface area contributed by atoms with Crippen LogP contribution in [-0.2, 0) is 0 Å². The van der Waals surface area contributed by atoms with Gasteiger partial charge in [0.05, 0.1) is 0 Å². The molecule has 0 radical (unpaired) electrons. The van der Waals surface area contributed by atoms with Gasteiger partial charge in [0.15, 0.2) is 0 Å². The number of amides is 1. The molecule has 0 atom stereocenters. The summed E-state index contributed by atoms with van der Waals surface area (Å²) in [6.07, 6.45) is 5.18. The van der Waals surface area contributed by atoms with Crippen LogP contribution in [0.1, 0.15) is 17.3 Å². The predicted molar refractivity (Wildman–Crippen MR) is 52.0 cm³/mol. The Balaban J connectivity index is 2.86. The molecule has 1 aromatic rings. The van der Waals surface area contributed by atoms with E-state index in [-0.39, 0.29) is 5.91 Å². The van der Waals surface area contributed by atoms with Gasteiger partial charge in [-0.1, -0.05) is 24.6 Å². The van der Waals surface area contributed by atoms with Crippen LogP contribution in [0.4, 0.5) is 0 Å². The van der Waals surface area contributed by atoms with E-state index in [0.717, 1.165) is 0 Å². The number of hydrogen-bond donors (Lipinski definition) is 0. The van der Waals surface area contributed by atoms with Crippen molar-refractivity contribution in [1.29, 1.82) is 0 Å². The number of rotatable bonds is 2. The van der Waals surface area contributed by atoms with Crippen LogP contribution in [0.2, 0.25) is 0 Å². The van der Waals surface area contributed by atoms with Crippen LogP contribution in [0.25, 0.3) is 0 Å². The van der Waals surface area contributed by atoms with Crippen LogP contribution in [0.3, 0.4) is 0 Å². The van der Waals surface area contributed by atoms with Gasteiger partial charge in [0.25, 0.3) is 5.91 Å². The van der Waals surface area contributed by atoms with Crippen LogP contribution >= 0.6 is 0 Å². The van der Waals surface area contributed by atoms with Gasteiger partial charge in [0.1, 0.15) is 0 Å². The second kappa shape index (κ2) is 4.32. The molecule has 0 aliphatic heterocycles. The maximum Gasteiger partial charge on any atom is 0.265 e. The summed E-state index contributed by atoms with van der Waals surface area (Å²) in [4.78, 5) is 12.9. The molecule has 0 fully saturated rings. The number of terminal acetylenes is 1. The number of hydrogen-bond acceptors (Lipinski definition) is 1. The van der Waals surface area contributed by atoms with Crippen molar-refractivity contribution in [3.63, 3.8) is 0 Å². The Morgan fingerprint density at radius 3 is 2.54 bits per heavy atom. The third kappa shape index (κ3) is 2.09. The lowest BCUT2D eigenvalue weighted by atomic mass is 10.2. The van der Waals surface area contributed by atoms with Crippen LogP contribution in [0.5, 0.6) is 0 Å². The number of nitrogens with zero attached hydrogens (tertiary/aromatic N) is 1. The van der Waals surface area contributed by atoms with E-state index < -0.39 is 0 Å². The Kier molecular flexibility index (Phi) is 3.10. The Morgan fingerprint density at radius 1 is 1.46 bits per heavy atom. The highest BCUT2D eigenvalue weighted by Crippen LogP contribution is 2.02. The summed E-state index contributed by atoms with van der Waals surface area (Å²) in [5, 5.41) is 0. The molecular formula is C11H11NO. The molecule has 0 spiro atoms. The van der Waals surface area contributed by atoms with Gasteiger partial charge in [0.2, 0.25) is 0 Å². The number of carbonyl (C=O) groups excluding carboxylic acids is 1. The molecule has 0 unspecified atom stereocenters. The molecule has 0 saturated carbocycles. The third-order valence-corrected chi connectivity index (χ3v) is 1.74. The standard InChI is InChI=1S/C11H11NO/c1-3-12(4-2)11(13)10-8-6-5-7-9-10/h1,5-9H,4H2,2H3. The van der Waals surface area contributed by atoms with E-state index in [1.807, 2.05) is 25.1 Å². The second-order valence-corrected chi connectivity index (χ2v) is 2.54. The first kappa shape index (κ1) is 9.34. The molecule has 1 amide bonds.